The molecule has 5 heteroatoms. The molecule has 0 atom stereocenters. The molecule has 0 aliphatic heterocycles. The summed E-state index contributed by atoms with van der Waals surface area (Å²) < 4.78 is 5.12. The fourth-order valence-electron chi connectivity index (χ4n) is 1.59. The lowest BCUT2D eigenvalue weighted by atomic mass is 10.2. The zero-order chi connectivity index (χ0) is 13.7. The third-order valence-electron chi connectivity index (χ3n) is 2.56. The summed E-state index contributed by atoms with van der Waals surface area (Å²) in [6.45, 7) is 0. The minimum Gasteiger partial charge on any atom is -0.497 e. The summed E-state index contributed by atoms with van der Waals surface area (Å²) in [5.41, 5.74) is 6.37. The highest BCUT2D eigenvalue weighted by Gasteiger charge is 2.07. The molecular formula is C14H14N2O2S. The maximum absolute atomic E-state index is 8.78. The van der Waals surface area contributed by atoms with Gasteiger partial charge >= 0.3 is 0 Å². The first-order valence-corrected chi connectivity index (χ1v) is 6.45. The van der Waals surface area contributed by atoms with Gasteiger partial charge in [-0.15, -0.1) is 0 Å². The van der Waals surface area contributed by atoms with Gasteiger partial charge in [-0.2, -0.15) is 0 Å². The molecule has 3 N–H and O–H groups in total. The van der Waals surface area contributed by atoms with Gasteiger partial charge in [-0.25, -0.2) is 0 Å². The minimum atomic E-state index is 0.108. The van der Waals surface area contributed by atoms with Crippen molar-refractivity contribution in [1.82, 2.24) is 0 Å². The van der Waals surface area contributed by atoms with Crippen molar-refractivity contribution in [2.45, 2.75) is 9.79 Å². The number of hydrogen-bond acceptors (Lipinski definition) is 4. The first-order chi connectivity index (χ1) is 9.24. The van der Waals surface area contributed by atoms with E-state index in [2.05, 4.69) is 5.16 Å². The molecule has 0 amide bonds. The minimum absolute atomic E-state index is 0.108. The second kappa shape index (κ2) is 6.15. The number of amidine groups is 1. The molecule has 0 radical (unpaired) electrons. The average Bonchev–Trinajstić information content (AvgIpc) is 2.48. The van der Waals surface area contributed by atoms with Crippen molar-refractivity contribution in [3.8, 4) is 5.75 Å². The molecule has 0 fully saturated rings. The van der Waals surface area contributed by atoms with Gasteiger partial charge in [0.1, 0.15) is 5.75 Å². The van der Waals surface area contributed by atoms with Crippen LogP contribution in [0.3, 0.4) is 0 Å². The normalized spacial score (nSPS) is 11.3. The Morgan fingerprint density at radius 3 is 2.47 bits per heavy atom. The van der Waals surface area contributed by atoms with E-state index >= 15 is 0 Å². The third kappa shape index (κ3) is 3.20. The first-order valence-electron chi connectivity index (χ1n) is 5.63. The highest BCUT2D eigenvalue weighted by Crippen LogP contribution is 2.31. The molecule has 19 heavy (non-hydrogen) atoms. The van der Waals surface area contributed by atoms with Crippen LogP contribution in [0.15, 0.2) is 63.5 Å². The van der Waals surface area contributed by atoms with E-state index in [0.717, 1.165) is 15.5 Å². The first kappa shape index (κ1) is 13.3. The Morgan fingerprint density at radius 1 is 1.16 bits per heavy atom. The Morgan fingerprint density at radius 2 is 1.84 bits per heavy atom. The van der Waals surface area contributed by atoms with Crippen molar-refractivity contribution in [3.05, 3.63) is 54.1 Å². The van der Waals surface area contributed by atoms with Gasteiger partial charge in [0, 0.05) is 15.4 Å². The topological polar surface area (TPSA) is 67.8 Å². The molecule has 0 aliphatic carbocycles. The van der Waals surface area contributed by atoms with Gasteiger partial charge in [0.15, 0.2) is 5.84 Å². The zero-order valence-corrected chi connectivity index (χ0v) is 11.2. The van der Waals surface area contributed by atoms with Crippen molar-refractivity contribution in [2.75, 3.05) is 7.11 Å². The molecule has 0 spiro atoms. The van der Waals surface area contributed by atoms with Crippen molar-refractivity contribution < 1.29 is 9.94 Å². The maximum atomic E-state index is 8.78. The van der Waals surface area contributed by atoms with Crippen molar-refractivity contribution in [2.24, 2.45) is 10.9 Å². The van der Waals surface area contributed by atoms with E-state index in [4.69, 9.17) is 15.7 Å². The Balaban J connectivity index is 2.27. The highest BCUT2D eigenvalue weighted by molar-refractivity contribution is 7.99. The molecule has 2 rings (SSSR count). The van der Waals surface area contributed by atoms with E-state index in [1.807, 2.05) is 48.5 Å². The molecule has 4 nitrogen and oxygen atoms in total. The SMILES string of the molecule is COc1ccc(Sc2ccccc2/C(N)=N/O)cc1. The van der Waals surface area contributed by atoms with Crippen LogP contribution in [0, 0.1) is 0 Å². The van der Waals surface area contributed by atoms with E-state index in [1.54, 1.807) is 18.9 Å². The lowest BCUT2D eigenvalue weighted by Crippen LogP contribution is -2.13. The molecule has 0 saturated carbocycles. The van der Waals surface area contributed by atoms with E-state index in [1.165, 1.54) is 0 Å². The van der Waals surface area contributed by atoms with Crippen LogP contribution in [0.5, 0.6) is 5.75 Å². The highest BCUT2D eigenvalue weighted by atomic mass is 32.2. The Bertz CT molecular complexity index is 582. The molecule has 0 aromatic heterocycles. The summed E-state index contributed by atoms with van der Waals surface area (Å²) in [5, 5.41) is 11.8. The van der Waals surface area contributed by atoms with Crippen LogP contribution in [0.4, 0.5) is 0 Å². The van der Waals surface area contributed by atoms with Crippen LogP contribution < -0.4 is 10.5 Å². The summed E-state index contributed by atoms with van der Waals surface area (Å²) in [6, 6.07) is 15.2. The predicted octanol–water partition coefficient (Wildman–Crippen LogP) is 2.94. The Kier molecular flexibility index (Phi) is 4.30. The predicted molar refractivity (Wildman–Crippen MR) is 76.1 cm³/mol. The number of oxime groups is 1. The number of nitrogens with two attached hydrogens (primary N) is 1. The second-order valence-corrected chi connectivity index (χ2v) is 4.87. The average molecular weight is 274 g/mol. The molecule has 0 saturated heterocycles. The molecular weight excluding hydrogens is 260 g/mol. The van der Waals surface area contributed by atoms with Crippen LogP contribution in [0.1, 0.15) is 5.56 Å². The monoisotopic (exact) mass is 274 g/mol. The molecule has 0 unspecified atom stereocenters. The number of methoxy groups -OCH3 is 1. The van der Waals surface area contributed by atoms with E-state index in [-0.39, 0.29) is 5.84 Å². The van der Waals surface area contributed by atoms with Gasteiger partial charge in [0.05, 0.1) is 7.11 Å². The number of benzene rings is 2. The summed E-state index contributed by atoms with van der Waals surface area (Å²) >= 11 is 1.55. The third-order valence-corrected chi connectivity index (χ3v) is 3.64. The van der Waals surface area contributed by atoms with Crippen LogP contribution in [-0.4, -0.2) is 18.2 Å². The van der Waals surface area contributed by atoms with Crippen LogP contribution >= 0.6 is 11.8 Å². The summed E-state index contributed by atoms with van der Waals surface area (Å²) in [5.74, 6) is 0.922. The lowest BCUT2D eigenvalue weighted by Gasteiger charge is -2.08. The molecule has 0 aliphatic rings. The lowest BCUT2D eigenvalue weighted by molar-refractivity contribution is 0.318. The number of nitrogens with zero attached hydrogens (tertiary/aromatic N) is 1. The van der Waals surface area contributed by atoms with Crippen molar-refractivity contribution in [3.63, 3.8) is 0 Å². The summed E-state index contributed by atoms with van der Waals surface area (Å²) in [6.07, 6.45) is 0. The van der Waals surface area contributed by atoms with Gasteiger partial charge in [-0.1, -0.05) is 35.1 Å². The van der Waals surface area contributed by atoms with E-state index < -0.39 is 0 Å². The Labute approximate surface area is 115 Å². The molecule has 0 bridgehead atoms. The number of ether oxygens (including phenoxy) is 1. The smallest absolute Gasteiger partial charge is 0.171 e. The van der Waals surface area contributed by atoms with Crippen LogP contribution in [-0.2, 0) is 0 Å². The van der Waals surface area contributed by atoms with Gasteiger partial charge < -0.3 is 15.7 Å². The van der Waals surface area contributed by atoms with Gasteiger partial charge in [0.2, 0.25) is 0 Å². The fraction of sp³-hybridized carbons (Fsp3) is 0.0714. The van der Waals surface area contributed by atoms with Crippen molar-refractivity contribution in [1.29, 1.82) is 0 Å². The number of hydrogen-bond donors (Lipinski definition) is 2. The maximum Gasteiger partial charge on any atom is 0.171 e. The van der Waals surface area contributed by atoms with Gasteiger partial charge in [-0.05, 0) is 30.3 Å². The van der Waals surface area contributed by atoms with Gasteiger partial charge in [-0.3, -0.25) is 0 Å². The summed E-state index contributed by atoms with van der Waals surface area (Å²) in [4.78, 5) is 1.99. The molecule has 98 valence electrons. The standard InChI is InChI=1S/C14H14N2O2S/c1-18-10-6-8-11(9-7-10)19-13-5-3-2-4-12(13)14(15)16-17/h2-9,17H,1H3,(H2,15,16). The van der Waals surface area contributed by atoms with Crippen LogP contribution in [0.2, 0.25) is 0 Å². The second-order valence-electron chi connectivity index (χ2n) is 3.76. The number of rotatable bonds is 4. The Hall–Kier alpha value is -2.14. The largest absolute Gasteiger partial charge is 0.497 e. The molecule has 2 aromatic carbocycles. The van der Waals surface area contributed by atoms with Gasteiger partial charge in [0.25, 0.3) is 0 Å². The quantitative estimate of drug-likeness (QED) is 0.389. The zero-order valence-electron chi connectivity index (χ0n) is 10.4. The van der Waals surface area contributed by atoms with Crippen LogP contribution in [0.25, 0.3) is 0 Å². The molecule has 2 aromatic rings. The molecule has 0 heterocycles. The van der Waals surface area contributed by atoms with Crippen molar-refractivity contribution >= 4 is 17.6 Å². The van der Waals surface area contributed by atoms with E-state index in [9.17, 15) is 0 Å². The summed E-state index contributed by atoms with van der Waals surface area (Å²) in [7, 11) is 1.63. The van der Waals surface area contributed by atoms with E-state index in [0.29, 0.717) is 5.56 Å². The fourth-order valence-corrected chi connectivity index (χ4v) is 2.55.